The molecule has 4 heteroatoms. The van der Waals surface area contributed by atoms with Crippen molar-refractivity contribution in [2.24, 2.45) is 5.73 Å². The van der Waals surface area contributed by atoms with Crippen LogP contribution in [-0.4, -0.2) is 13.1 Å². The minimum Gasteiger partial charge on any atom is -0.363 e. The molecule has 0 aliphatic rings. The van der Waals surface area contributed by atoms with Gasteiger partial charge in [0.05, 0.1) is 6.04 Å². The summed E-state index contributed by atoms with van der Waals surface area (Å²) >= 11 is 6.01. The number of nitrogens with zero attached hydrogens (tertiary/aromatic N) is 1. The summed E-state index contributed by atoms with van der Waals surface area (Å²) in [5.74, 6) is -0.277. The minimum atomic E-state index is -0.277. The molecule has 21 heavy (non-hydrogen) atoms. The summed E-state index contributed by atoms with van der Waals surface area (Å²) in [5, 5.41) is 0.519. The van der Waals surface area contributed by atoms with Gasteiger partial charge in [0.2, 0.25) is 0 Å². The summed E-state index contributed by atoms with van der Waals surface area (Å²) in [4.78, 5) is 2.10. The maximum atomic E-state index is 14.2. The third-order valence-electron chi connectivity index (χ3n) is 3.59. The monoisotopic (exact) mass is 306 g/mol. The Labute approximate surface area is 130 Å². The second-order valence-corrected chi connectivity index (χ2v) is 5.48. The Bertz CT molecular complexity index is 615. The predicted molar refractivity (Wildman–Crippen MR) is 87.4 cm³/mol. The molecule has 0 fully saturated rings. The van der Waals surface area contributed by atoms with E-state index in [0.717, 1.165) is 17.8 Å². The summed E-state index contributed by atoms with van der Waals surface area (Å²) < 4.78 is 14.2. The molecule has 0 saturated heterocycles. The van der Waals surface area contributed by atoms with Crippen LogP contribution in [-0.2, 0) is 0 Å². The number of nitrogens with two attached hydrogens (primary N) is 1. The average Bonchev–Trinajstić information content (AvgIpc) is 2.47. The van der Waals surface area contributed by atoms with E-state index in [1.165, 1.54) is 6.07 Å². The first-order valence-electron chi connectivity index (χ1n) is 7.05. The fourth-order valence-electron chi connectivity index (χ4n) is 2.58. The van der Waals surface area contributed by atoms with Gasteiger partial charge >= 0.3 is 0 Å². The van der Waals surface area contributed by atoms with Gasteiger partial charge in [-0.15, -0.1) is 0 Å². The highest BCUT2D eigenvalue weighted by Gasteiger charge is 2.21. The van der Waals surface area contributed by atoms with E-state index in [0.29, 0.717) is 17.1 Å². The second-order valence-electron chi connectivity index (χ2n) is 5.04. The van der Waals surface area contributed by atoms with E-state index in [-0.39, 0.29) is 11.9 Å². The molecule has 2 N–H and O–H groups in total. The molecule has 2 nitrogen and oxygen atoms in total. The Morgan fingerprint density at radius 1 is 1.24 bits per heavy atom. The topological polar surface area (TPSA) is 29.3 Å². The van der Waals surface area contributed by atoms with Gasteiger partial charge < -0.3 is 10.6 Å². The van der Waals surface area contributed by atoms with Crippen LogP contribution in [0.25, 0.3) is 0 Å². The number of aryl methyl sites for hydroxylation is 1. The maximum Gasteiger partial charge on any atom is 0.128 e. The van der Waals surface area contributed by atoms with Gasteiger partial charge in [0.1, 0.15) is 5.82 Å². The molecule has 2 aromatic carbocycles. The molecule has 0 amide bonds. The Hall–Kier alpha value is -1.58. The first-order chi connectivity index (χ1) is 10.1. The van der Waals surface area contributed by atoms with Crippen molar-refractivity contribution >= 4 is 17.3 Å². The lowest BCUT2D eigenvalue weighted by molar-refractivity contribution is 0.562. The molecule has 0 saturated carbocycles. The molecule has 0 aliphatic heterocycles. The number of halogens is 2. The molecular formula is C17H20ClFN2. The van der Waals surface area contributed by atoms with E-state index in [4.69, 9.17) is 17.3 Å². The van der Waals surface area contributed by atoms with Gasteiger partial charge in [-0.1, -0.05) is 23.7 Å². The molecule has 0 radical (unpaired) electrons. The molecule has 0 bridgehead atoms. The number of rotatable bonds is 5. The van der Waals surface area contributed by atoms with Crippen molar-refractivity contribution < 1.29 is 4.39 Å². The number of benzene rings is 2. The lowest BCUT2D eigenvalue weighted by Crippen LogP contribution is -2.34. The summed E-state index contributed by atoms with van der Waals surface area (Å²) in [6.07, 6.45) is 0. The van der Waals surface area contributed by atoms with Crippen molar-refractivity contribution in [3.63, 3.8) is 0 Å². The van der Waals surface area contributed by atoms with Crippen molar-refractivity contribution in [3.05, 3.63) is 64.4 Å². The summed E-state index contributed by atoms with van der Waals surface area (Å²) in [6, 6.07) is 12.5. The standard InChI is InChI=1S/C17H20ClFN2/c1-3-21(14-6-4-5-12(2)9-14)17(11-20)15-10-13(18)7-8-16(15)19/h4-10,17H,3,11,20H2,1-2H3. The number of anilines is 1. The fourth-order valence-corrected chi connectivity index (χ4v) is 2.76. The Balaban J connectivity index is 2.44. The second kappa shape index (κ2) is 6.92. The van der Waals surface area contributed by atoms with Gasteiger partial charge in [0.25, 0.3) is 0 Å². The predicted octanol–water partition coefficient (Wildman–Crippen LogP) is 4.31. The lowest BCUT2D eigenvalue weighted by atomic mass is 10.0. The molecule has 0 spiro atoms. The third kappa shape index (κ3) is 3.55. The van der Waals surface area contributed by atoms with E-state index in [9.17, 15) is 4.39 Å². The van der Waals surface area contributed by atoms with Crippen LogP contribution >= 0.6 is 11.6 Å². The zero-order chi connectivity index (χ0) is 15.4. The average molecular weight is 307 g/mol. The van der Waals surface area contributed by atoms with Crippen LogP contribution in [0.3, 0.4) is 0 Å². The van der Waals surface area contributed by atoms with E-state index in [1.54, 1.807) is 12.1 Å². The third-order valence-corrected chi connectivity index (χ3v) is 3.83. The summed E-state index contributed by atoms with van der Waals surface area (Å²) in [6.45, 7) is 5.12. The zero-order valence-electron chi connectivity index (χ0n) is 12.3. The minimum absolute atomic E-state index is 0.240. The molecule has 0 aliphatic carbocycles. The van der Waals surface area contributed by atoms with Crippen LogP contribution in [0.5, 0.6) is 0 Å². The van der Waals surface area contributed by atoms with Crippen LogP contribution in [0.2, 0.25) is 5.02 Å². The van der Waals surface area contributed by atoms with Crippen molar-refractivity contribution in [2.45, 2.75) is 19.9 Å². The molecule has 2 rings (SSSR count). The molecule has 112 valence electrons. The van der Waals surface area contributed by atoms with Gasteiger partial charge in [-0.25, -0.2) is 4.39 Å². The van der Waals surface area contributed by atoms with Gasteiger partial charge in [-0.05, 0) is 49.7 Å². The smallest absolute Gasteiger partial charge is 0.128 e. The summed E-state index contributed by atoms with van der Waals surface area (Å²) in [5.41, 5.74) is 8.65. The highest BCUT2D eigenvalue weighted by molar-refractivity contribution is 6.30. The first-order valence-corrected chi connectivity index (χ1v) is 7.43. The van der Waals surface area contributed by atoms with Gasteiger partial charge in [0.15, 0.2) is 0 Å². The quantitative estimate of drug-likeness (QED) is 0.891. The normalized spacial score (nSPS) is 12.2. The fraction of sp³-hybridized carbons (Fsp3) is 0.294. The first kappa shape index (κ1) is 15.8. The molecule has 1 unspecified atom stereocenters. The lowest BCUT2D eigenvalue weighted by Gasteiger charge is -2.33. The highest BCUT2D eigenvalue weighted by Crippen LogP contribution is 2.30. The van der Waals surface area contributed by atoms with Gasteiger partial charge in [-0.2, -0.15) is 0 Å². The van der Waals surface area contributed by atoms with Crippen LogP contribution in [0.4, 0.5) is 10.1 Å². The van der Waals surface area contributed by atoms with E-state index >= 15 is 0 Å². The van der Waals surface area contributed by atoms with Crippen molar-refractivity contribution in [2.75, 3.05) is 18.0 Å². The van der Waals surface area contributed by atoms with Crippen LogP contribution in [0.15, 0.2) is 42.5 Å². The maximum absolute atomic E-state index is 14.2. The SMILES string of the molecule is CCN(c1cccc(C)c1)C(CN)c1cc(Cl)ccc1F. The van der Waals surface area contributed by atoms with E-state index in [1.807, 2.05) is 32.0 Å². The van der Waals surface area contributed by atoms with Crippen LogP contribution < -0.4 is 10.6 Å². The van der Waals surface area contributed by atoms with Crippen molar-refractivity contribution in [1.29, 1.82) is 0 Å². The van der Waals surface area contributed by atoms with Crippen LogP contribution in [0, 0.1) is 12.7 Å². The van der Waals surface area contributed by atoms with Crippen molar-refractivity contribution in [1.82, 2.24) is 0 Å². The molecular weight excluding hydrogens is 287 g/mol. The van der Waals surface area contributed by atoms with E-state index in [2.05, 4.69) is 11.0 Å². The number of likely N-dealkylation sites (N-methyl/N-ethyl adjacent to an activating group) is 1. The largest absolute Gasteiger partial charge is 0.363 e. The van der Waals surface area contributed by atoms with Gasteiger partial charge in [-0.3, -0.25) is 0 Å². The number of hydrogen-bond acceptors (Lipinski definition) is 2. The molecule has 0 heterocycles. The molecule has 1 atom stereocenters. The molecule has 0 aromatic heterocycles. The summed E-state index contributed by atoms with van der Waals surface area (Å²) in [7, 11) is 0. The highest BCUT2D eigenvalue weighted by atomic mass is 35.5. The van der Waals surface area contributed by atoms with Crippen molar-refractivity contribution in [3.8, 4) is 0 Å². The Kier molecular flexibility index (Phi) is 5.21. The Morgan fingerprint density at radius 3 is 2.62 bits per heavy atom. The number of hydrogen-bond donors (Lipinski definition) is 1. The van der Waals surface area contributed by atoms with E-state index < -0.39 is 0 Å². The zero-order valence-corrected chi connectivity index (χ0v) is 13.1. The Morgan fingerprint density at radius 2 is 2.00 bits per heavy atom. The molecule has 2 aromatic rings. The van der Waals surface area contributed by atoms with Gasteiger partial charge in [0, 0.05) is 29.4 Å². The van der Waals surface area contributed by atoms with Crippen LogP contribution in [0.1, 0.15) is 24.1 Å².